The standard InChI is InChI=1S/C19H15FN2OS/c1-13(11-14-5-3-2-4-6-14)12-17-18(23)22-19(24-17)21-16-9-7-15(20)8-10-16/h2-12H,1H3,(H,21,22,23)/b13-11?,17-12+. The van der Waals surface area contributed by atoms with Crippen LogP contribution in [0.25, 0.3) is 6.08 Å². The number of nitrogens with zero attached hydrogens (tertiary/aromatic N) is 1. The van der Waals surface area contributed by atoms with E-state index >= 15 is 0 Å². The van der Waals surface area contributed by atoms with Crippen molar-refractivity contribution >= 4 is 34.6 Å². The van der Waals surface area contributed by atoms with Gasteiger partial charge in [0.1, 0.15) is 5.82 Å². The van der Waals surface area contributed by atoms with Crippen LogP contribution < -0.4 is 5.32 Å². The predicted molar refractivity (Wildman–Crippen MR) is 97.4 cm³/mol. The molecule has 0 aromatic heterocycles. The van der Waals surface area contributed by atoms with Gasteiger partial charge >= 0.3 is 0 Å². The van der Waals surface area contributed by atoms with Crippen LogP contribution in [0.2, 0.25) is 0 Å². The van der Waals surface area contributed by atoms with Gasteiger partial charge in [-0.2, -0.15) is 0 Å². The minimum atomic E-state index is -0.315. The molecule has 2 aromatic carbocycles. The summed E-state index contributed by atoms with van der Waals surface area (Å²) in [6, 6.07) is 15.7. The molecule has 3 rings (SSSR count). The number of aliphatic imine (C=N–C) groups is 1. The number of nitrogens with one attached hydrogen (secondary N) is 1. The molecule has 0 spiro atoms. The first-order chi connectivity index (χ1) is 11.6. The Kier molecular flexibility index (Phi) is 4.91. The molecule has 0 unspecified atom stereocenters. The largest absolute Gasteiger partial charge is 0.300 e. The summed E-state index contributed by atoms with van der Waals surface area (Å²) < 4.78 is 12.9. The lowest BCUT2D eigenvalue weighted by Crippen LogP contribution is -2.19. The number of hydrogen-bond donors (Lipinski definition) is 1. The van der Waals surface area contributed by atoms with Crippen molar-refractivity contribution in [2.24, 2.45) is 4.99 Å². The Balaban J connectivity index is 1.77. The Morgan fingerprint density at radius 1 is 1.12 bits per heavy atom. The Bertz CT molecular complexity index is 839. The average Bonchev–Trinajstić information content (AvgIpc) is 2.90. The van der Waals surface area contributed by atoms with Gasteiger partial charge in [0.05, 0.1) is 10.6 Å². The van der Waals surface area contributed by atoms with Gasteiger partial charge in [0.15, 0.2) is 5.17 Å². The molecule has 1 heterocycles. The monoisotopic (exact) mass is 338 g/mol. The van der Waals surface area contributed by atoms with Crippen LogP contribution in [0.15, 0.2) is 76.1 Å². The molecule has 24 heavy (non-hydrogen) atoms. The fraction of sp³-hybridized carbons (Fsp3) is 0.0526. The molecule has 0 radical (unpaired) electrons. The maximum atomic E-state index is 12.9. The zero-order valence-electron chi connectivity index (χ0n) is 13.0. The summed E-state index contributed by atoms with van der Waals surface area (Å²) in [5, 5.41) is 3.21. The zero-order valence-corrected chi connectivity index (χ0v) is 13.8. The van der Waals surface area contributed by atoms with Gasteiger partial charge < -0.3 is 5.32 Å². The molecule has 1 saturated heterocycles. The van der Waals surface area contributed by atoms with Gasteiger partial charge in [0.25, 0.3) is 5.91 Å². The normalized spacial score (nSPS) is 18.2. The van der Waals surface area contributed by atoms with Gasteiger partial charge in [0, 0.05) is 0 Å². The molecule has 5 heteroatoms. The lowest BCUT2D eigenvalue weighted by atomic mass is 10.1. The van der Waals surface area contributed by atoms with E-state index in [1.165, 1.54) is 23.9 Å². The number of amidine groups is 1. The van der Waals surface area contributed by atoms with Crippen molar-refractivity contribution in [2.75, 3.05) is 0 Å². The number of benzene rings is 2. The second kappa shape index (κ2) is 7.27. The number of carbonyl (C=O) groups excluding carboxylic acids is 1. The van der Waals surface area contributed by atoms with Gasteiger partial charge in [-0.1, -0.05) is 36.4 Å². The molecule has 0 atom stereocenters. The van der Waals surface area contributed by atoms with E-state index in [0.29, 0.717) is 15.8 Å². The molecule has 3 nitrogen and oxygen atoms in total. The second-order valence-corrected chi connectivity index (χ2v) is 6.29. The summed E-state index contributed by atoms with van der Waals surface area (Å²) in [4.78, 5) is 16.9. The third-order valence-corrected chi connectivity index (χ3v) is 4.17. The number of allylic oxidation sites excluding steroid dienone is 2. The molecule has 120 valence electrons. The summed E-state index contributed by atoms with van der Waals surface area (Å²) in [7, 11) is 0. The fourth-order valence-corrected chi connectivity index (χ4v) is 3.07. The minimum absolute atomic E-state index is 0.179. The van der Waals surface area contributed by atoms with Crippen LogP contribution in [-0.2, 0) is 4.79 Å². The lowest BCUT2D eigenvalue weighted by Gasteiger charge is -1.96. The number of rotatable bonds is 3. The Morgan fingerprint density at radius 2 is 1.83 bits per heavy atom. The van der Waals surface area contributed by atoms with Gasteiger partial charge in [-0.15, -0.1) is 0 Å². The summed E-state index contributed by atoms with van der Waals surface area (Å²) >= 11 is 1.27. The summed E-state index contributed by atoms with van der Waals surface area (Å²) in [6.07, 6.45) is 3.84. The van der Waals surface area contributed by atoms with Crippen molar-refractivity contribution in [3.8, 4) is 0 Å². The van der Waals surface area contributed by atoms with E-state index in [9.17, 15) is 9.18 Å². The molecule has 1 aliphatic heterocycles. The highest BCUT2D eigenvalue weighted by Crippen LogP contribution is 2.27. The van der Waals surface area contributed by atoms with E-state index in [1.807, 2.05) is 49.4 Å². The highest BCUT2D eigenvalue weighted by Gasteiger charge is 2.23. The third-order valence-electron chi connectivity index (χ3n) is 3.26. The number of hydrogen-bond acceptors (Lipinski definition) is 3. The maximum Gasteiger partial charge on any atom is 0.264 e. The van der Waals surface area contributed by atoms with Crippen LogP contribution >= 0.6 is 11.8 Å². The Hall–Kier alpha value is -2.66. The van der Waals surface area contributed by atoms with Crippen molar-refractivity contribution < 1.29 is 9.18 Å². The molecule has 1 aliphatic rings. The Labute approximate surface area is 144 Å². The van der Waals surface area contributed by atoms with Crippen molar-refractivity contribution in [3.63, 3.8) is 0 Å². The molecular formula is C19H15FN2OS. The topological polar surface area (TPSA) is 41.5 Å². The zero-order chi connectivity index (χ0) is 16.9. The minimum Gasteiger partial charge on any atom is -0.300 e. The van der Waals surface area contributed by atoms with E-state index in [0.717, 1.165) is 11.1 Å². The highest BCUT2D eigenvalue weighted by molar-refractivity contribution is 8.18. The van der Waals surface area contributed by atoms with Crippen LogP contribution in [0.1, 0.15) is 12.5 Å². The number of carbonyl (C=O) groups is 1. The van der Waals surface area contributed by atoms with Gasteiger partial charge in [0.2, 0.25) is 0 Å². The quantitative estimate of drug-likeness (QED) is 0.827. The summed E-state index contributed by atoms with van der Waals surface area (Å²) in [5.41, 5.74) is 2.65. The smallest absolute Gasteiger partial charge is 0.264 e. The van der Waals surface area contributed by atoms with E-state index < -0.39 is 0 Å². The molecule has 0 bridgehead atoms. The van der Waals surface area contributed by atoms with Crippen LogP contribution in [0.4, 0.5) is 10.1 Å². The maximum absolute atomic E-state index is 12.9. The number of amides is 1. The second-order valence-electron chi connectivity index (χ2n) is 5.26. The third kappa shape index (κ3) is 4.20. The van der Waals surface area contributed by atoms with E-state index in [-0.39, 0.29) is 11.7 Å². The SMILES string of the molecule is CC(=Cc1ccccc1)/C=C1/SC(=Nc2ccc(F)cc2)NC1=O. The first-order valence-corrected chi connectivity index (χ1v) is 8.20. The molecule has 1 N–H and O–H groups in total. The summed E-state index contributed by atoms with van der Waals surface area (Å²) in [6.45, 7) is 1.95. The number of halogens is 1. The predicted octanol–water partition coefficient (Wildman–Crippen LogP) is 4.66. The van der Waals surface area contributed by atoms with Crippen molar-refractivity contribution in [2.45, 2.75) is 6.92 Å². The van der Waals surface area contributed by atoms with Crippen LogP contribution in [0.3, 0.4) is 0 Å². The van der Waals surface area contributed by atoms with E-state index in [4.69, 9.17) is 0 Å². The highest BCUT2D eigenvalue weighted by atomic mass is 32.2. The molecule has 2 aromatic rings. The first-order valence-electron chi connectivity index (χ1n) is 7.39. The lowest BCUT2D eigenvalue weighted by molar-refractivity contribution is -0.115. The molecule has 1 amide bonds. The average molecular weight is 338 g/mol. The fourth-order valence-electron chi connectivity index (χ4n) is 2.17. The van der Waals surface area contributed by atoms with E-state index in [1.54, 1.807) is 12.1 Å². The Morgan fingerprint density at radius 3 is 2.54 bits per heavy atom. The van der Waals surface area contributed by atoms with Crippen LogP contribution in [0.5, 0.6) is 0 Å². The molecular weight excluding hydrogens is 323 g/mol. The van der Waals surface area contributed by atoms with Gasteiger partial charge in [-0.25, -0.2) is 9.38 Å². The van der Waals surface area contributed by atoms with Crippen molar-refractivity contribution in [3.05, 3.63) is 82.5 Å². The van der Waals surface area contributed by atoms with E-state index in [2.05, 4.69) is 10.3 Å². The van der Waals surface area contributed by atoms with Crippen LogP contribution in [0, 0.1) is 5.82 Å². The summed E-state index contributed by atoms with van der Waals surface area (Å²) in [5.74, 6) is -0.494. The molecule has 0 saturated carbocycles. The van der Waals surface area contributed by atoms with Crippen molar-refractivity contribution in [1.29, 1.82) is 0 Å². The molecule has 1 fully saturated rings. The first kappa shape index (κ1) is 16.2. The van der Waals surface area contributed by atoms with Gasteiger partial charge in [-0.05, 0) is 60.2 Å². The van der Waals surface area contributed by atoms with Crippen LogP contribution in [-0.4, -0.2) is 11.1 Å². The number of thioether (sulfide) groups is 1. The molecule has 0 aliphatic carbocycles. The van der Waals surface area contributed by atoms with Crippen molar-refractivity contribution in [1.82, 2.24) is 5.32 Å². The van der Waals surface area contributed by atoms with Gasteiger partial charge in [-0.3, -0.25) is 4.79 Å².